The van der Waals surface area contributed by atoms with Crippen LogP contribution < -0.4 is 15.4 Å². The lowest BCUT2D eigenvalue weighted by Crippen LogP contribution is -2.19. The van der Waals surface area contributed by atoms with E-state index in [-0.39, 0.29) is 17.5 Å². The molecule has 0 aliphatic heterocycles. The normalized spacial score (nSPS) is 10.7. The van der Waals surface area contributed by atoms with Crippen LogP contribution in [0.3, 0.4) is 0 Å². The standard InChI is InChI=1S/C16H25FN2O2/c1-12(2)10-19-11-13-6-7-15(14(17)9-13)21-8-4-5-16(20)18-3/h6-7,9,12,19H,4-5,8,10-11H2,1-3H3,(H,18,20). The number of hydrogen-bond donors (Lipinski definition) is 2. The number of ether oxygens (including phenoxy) is 1. The molecule has 0 saturated heterocycles. The van der Waals surface area contributed by atoms with Crippen LogP contribution in [0.1, 0.15) is 32.3 Å². The summed E-state index contributed by atoms with van der Waals surface area (Å²) >= 11 is 0. The second-order valence-corrected chi connectivity index (χ2v) is 5.41. The minimum absolute atomic E-state index is 0.0364. The summed E-state index contributed by atoms with van der Waals surface area (Å²) in [6.07, 6.45) is 0.951. The summed E-state index contributed by atoms with van der Waals surface area (Å²) in [5.74, 6) is 0.404. The zero-order valence-corrected chi connectivity index (χ0v) is 13.0. The topological polar surface area (TPSA) is 50.4 Å². The van der Waals surface area contributed by atoms with E-state index in [4.69, 9.17) is 4.74 Å². The van der Waals surface area contributed by atoms with Gasteiger partial charge >= 0.3 is 0 Å². The van der Waals surface area contributed by atoms with Gasteiger partial charge in [0.25, 0.3) is 0 Å². The molecular formula is C16H25FN2O2. The van der Waals surface area contributed by atoms with Crippen molar-refractivity contribution >= 4 is 5.91 Å². The van der Waals surface area contributed by atoms with E-state index < -0.39 is 0 Å². The van der Waals surface area contributed by atoms with Crippen LogP contribution >= 0.6 is 0 Å². The Hall–Kier alpha value is -1.62. The maximum Gasteiger partial charge on any atom is 0.219 e. The van der Waals surface area contributed by atoms with Gasteiger partial charge in [-0.15, -0.1) is 0 Å². The smallest absolute Gasteiger partial charge is 0.219 e. The highest BCUT2D eigenvalue weighted by Crippen LogP contribution is 2.18. The molecule has 2 N–H and O–H groups in total. The first-order valence-electron chi connectivity index (χ1n) is 7.35. The molecule has 0 fully saturated rings. The molecule has 118 valence electrons. The minimum Gasteiger partial charge on any atom is -0.491 e. The number of nitrogens with one attached hydrogen (secondary N) is 2. The summed E-state index contributed by atoms with van der Waals surface area (Å²) in [4.78, 5) is 11.0. The maximum absolute atomic E-state index is 13.9. The highest BCUT2D eigenvalue weighted by molar-refractivity contribution is 5.75. The van der Waals surface area contributed by atoms with Crippen molar-refractivity contribution in [1.82, 2.24) is 10.6 Å². The van der Waals surface area contributed by atoms with Crippen LogP contribution in [0.25, 0.3) is 0 Å². The van der Waals surface area contributed by atoms with E-state index in [2.05, 4.69) is 24.5 Å². The molecule has 0 aliphatic rings. The number of rotatable bonds is 9. The van der Waals surface area contributed by atoms with Crippen molar-refractivity contribution in [2.45, 2.75) is 33.2 Å². The molecule has 1 rings (SSSR count). The fraction of sp³-hybridized carbons (Fsp3) is 0.562. The van der Waals surface area contributed by atoms with E-state index in [0.29, 0.717) is 31.9 Å². The number of carbonyl (C=O) groups excluding carboxylic acids is 1. The first kappa shape index (κ1) is 17.4. The third-order valence-electron chi connectivity index (χ3n) is 2.96. The zero-order chi connectivity index (χ0) is 15.7. The minimum atomic E-state index is -0.362. The molecule has 1 aromatic rings. The van der Waals surface area contributed by atoms with Crippen LogP contribution in [-0.2, 0) is 11.3 Å². The Morgan fingerprint density at radius 2 is 2.14 bits per heavy atom. The lowest BCUT2D eigenvalue weighted by atomic mass is 10.2. The second kappa shape index (κ2) is 9.34. The average Bonchev–Trinajstić information content (AvgIpc) is 2.44. The zero-order valence-electron chi connectivity index (χ0n) is 13.0. The highest BCUT2D eigenvalue weighted by atomic mass is 19.1. The number of hydrogen-bond acceptors (Lipinski definition) is 3. The first-order valence-corrected chi connectivity index (χ1v) is 7.35. The van der Waals surface area contributed by atoms with Crippen LogP contribution in [0.4, 0.5) is 4.39 Å². The Balaban J connectivity index is 2.37. The van der Waals surface area contributed by atoms with Crippen molar-refractivity contribution in [1.29, 1.82) is 0 Å². The van der Waals surface area contributed by atoms with Gasteiger partial charge in [0.05, 0.1) is 6.61 Å². The Kier molecular flexibility index (Phi) is 7.75. The molecule has 0 aromatic heterocycles. The van der Waals surface area contributed by atoms with Crippen molar-refractivity contribution in [3.8, 4) is 5.75 Å². The average molecular weight is 296 g/mol. The highest BCUT2D eigenvalue weighted by Gasteiger charge is 2.06. The van der Waals surface area contributed by atoms with E-state index in [1.807, 2.05) is 6.07 Å². The molecule has 21 heavy (non-hydrogen) atoms. The monoisotopic (exact) mass is 296 g/mol. The summed E-state index contributed by atoms with van der Waals surface area (Å²) < 4.78 is 19.2. The molecule has 0 heterocycles. The van der Waals surface area contributed by atoms with Crippen LogP contribution in [0.2, 0.25) is 0 Å². The van der Waals surface area contributed by atoms with Crippen LogP contribution in [-0.4, -0.2) is 26.1 Å². The lowest BCUT2D eigenvalue weighted by Gasteiger charge is -2.10. The summed E-state index contributed by atoms with van der Waals surface area (Å²) in [5.41, 5.74) is 0.894. The van der Waals surface area contributed by atoms with Gasteiger partial charge in [0, 0.05) is 20.0 Å². The Bertz CT molecular complexity index is 450. The van der Waals surface area contributed by atoms with E-state index in [9.17, 15) is 9.18 Å². The second-order valence-electron chi connectivity index (χ2n) is 5.41. The lowest BCUT2D eigenvalue weighted by molar-refractivity contribution is -0.120. The fourth-order valence-electron chi connectivity index (χ4n) is 1.82. The Morgan fingerprint density at radius 1 is 1.38 bits per heavy atom. The number of halogens is 1. The van der Waals surface area contributed by atoms with Gasteiger partial charge in [-0.2, -0.15) is 0 Å². The Labute approximate surface area is 126 Å². The van der Waals surface area contributed by atoms with Gasteiger partial charge in [0.2, 0.25) is 5.91 Å². The summed E-state index contributed by atoms with van der Waals surface area (Å²) in [6.45, 7) is 6.13. The number of carbonyl (C=O) groups is 1. The van der Waals surface area contributed by atoms with Crippen molar-refractivity contribution in [2.75, 3.05) is 20.2 Å². The molecule has 1 amide bonds. The van der Waals surface area contributed by atoms with Crippen molar-refractivity contribution < 1.29 is 13.9 Å². The molecule has 5 heteroatoms. The van der Waals surface area contributed by atoms with E-state index >= 15 is 0 Å². The molecule has 1 aromatic carbocycles. The van der Waals surface area contributed by atoms with Crippen molar-refractivity contribution in [2.24, 2.45) is 5.92 Å². The first-order chi connectivity index (χ1) is 10.0. The van der Waals surface area contributed by atoms with Gasteiger partial charge in [0.1, 0.15) is 0 Å². The van der Waals surface area contributed by atoms with Gasteiger partial charge in [-0.05, 0) is 36.6 Å². The third kappa shape index (κ3) is 7.09. The van der Waals surface area contributed by atoms with Crippen LogP contribution in [0.5, 0.6) is 5.75 Å². The maximum atomic E-state index is 13.9. The number of amides is 1. The molecule has 0 unspecified atom stereocenters. The van der Waals surface area contributed by atoms with Gasteiger partial charge in [-0.25, -0.2) is 4.39 Å². The Morgan fingerprint density at radius 3 is 2.76 bits per heavy atom. The van der Waals surface area contributed by atoms with Gasteiger partial charge in [-0.3, -0.25) is 4.79 Å². The van der Waals surface area contributed by atoms with E-state index in [1.165, 1.54) is 6.07 Å². The van der Waals surface area contributed by atoms with Crippen LogP contribution in [0.15, 0.2) is 18.2 Å². The van der Waals surface area contributed by atoms with Crippen molar-refractivity contribution in [3.05, 3.63) is 29.6 Å². The van der Waals surface area contributed by atoms with Gasteiger partial charge < -0.3 is 15.4 Å². The molecule has 0 atom stereocenters. The third-order valence-corrected chi connectivity index (χ3v) is 2.96. The predicted octanol–water partition coefficient (Wildman–Crippen LogP) is 2.48. The largest absolute Gasteiger partial charge is 0.491 e. The molecular weight excluding hydrogens is 271 g/mol. The van der Waals surface area contributed by atoms with Crippen molar-refractivity contribution in [3.63, 3.8) is 0 Å². The summed E-state index contributed by atoms with van der Waals surface area (Å²) in [7, 11) is 1.59. The molecule has 0 radical (unpaired) electrons. The summed E-state index contributed by atoms with van der Waals surface area (Å²) in [6, 6.07) is 4.98. The fourth-order valence-corrected chi connectivity index (χ4v) is 1.82. The summed E-state index contributed by atoms with van der Waals surface area (Å²) in [5, 5.41) is 5.80. The van der Waals surface area contributed by atoms with E-state index in [0.717, 1.165) is 12.1 Å². The quantitative estimate of drug-likeness (QED) is 0.688. The number of benzene rings is 1. The molecule has 0 spiro atoms. The predicted molar refractivity (Wildman–Crippen MR) is 81.7 cm³/mol. The molecule has 0 aliphatic carbocycles. The SMILES string of the molecule is CNC(=O)CCCOc1ccc(CNCC(C)C)cc1F. The van der Waals surface area contributed by atoms with Gasteiger partial charge in [0.15, 0.2) is 11.6 Å². The molecule has 0 saturated carbocycles. The van der Waals surface area contributed by atoms with E-state index in [1.54, 1.807) is 13.1 Å². The van der Waals surface area contributed by atoms with Crippen LogP contribution in [0, 0.1) is 11.7 Å². The van der Waals surface area contributed by atoms with Gasteiger partial charge in [-0.1, -0.05) is 19.9 Å². The molecule has 4 nitrogen and oxygen atoms in total. The molecule has 0 bridgehead atoms.